The zero-order valence-corrected chi connectivity index (χ0v) is 16.0. The van der Waals surface area contributed by atoms with Crippen molar-refractivity contribution in [2.24, 2.45) is 0 Å². The fraction of sp³-hybridized carbons (Fsp3) is 0.650. The number of unbranched alkanes of at least 4 members (excludes halogenated alkanes) is 4. The van der Waals surface area contributed by atoms with E-state index in [1.165, 1.54) is 19.3 Å². The van der Waals surface area contributed by atoms with E-state index < -0.39 is 5.60 Å². The fourth-order valence-corrected chi connectivity index (χ4v) is 2.62. The molecular weight excluding hydrogens is 314 g/mol. The van der Waals surface area contributed by atoms with Gasteiger partial charge >= 0.3 is 6.09 Å². The maximum atomic E-state index is 11.9. The van der Waals surface area contributed by atoms with E-state index in [0.29, 0.717) is 0 Å². The first-order valence-corrected chi connectivity index (χ1v) is 9.27. The highest BCUT2D eigenvalue weighted by atomic mass is 16.6. The lowest BCUT2D eigenvalue weighted by molar-refractivity contribution is 0.0501. The maximum absolute atomic E-state index is 11.9. The molecular formula is C20H33N3O2. The van der Waals surface area contributed by atoms with Crippen LogP contribution >= 0.6 is 0 Å². The summed E-state index contributed by atoms with van der Waals surface area (Å²) < 4.78 is 5.32. The first-order chi connectivity index (χ1) is 11.9. The van der Waals surface area contributed by atoms with Crippen molar-refractivity contribution in [2.45, 2.75) is 83.8 Å². The predicted octanol–water partition coefficient (Wildman–Crippen LogP) is 4.83. The molecule has 0 aliphatic rings. The molecule has 1 aromatic rings. The van der Waals surface area contributed by atoms with Gasteiger partial charge in [0.05, 0.1) is 5.69 Å². The summed E-state index contributed by atoms with van der Waals surface area (Å²) in [6, 6.07) is 4.06. The average Bonchev–Trinajstić information content (AvgIpc) is 2.53. The first-order valence-electron chi connectivity index (χ1n) is 9.27. The van der Waals surface area contributed by atoms with Crippen molar-refractivity contribution in [3.8, 4) is 0 Å². The second-order valence-corrected chi connectivity index (χ2v) is 7.39. The molecule has 0 radical (unpaired) electrons. The summed E-state index contributed by atoms with van der Waals surface area (Å²) in [6.45, 7) is 9.39. The van der Waals surface area contributed by atoms with Crippen molar-refractivity contribution in [3.05, 3.63) is 36.7 Å². The SMILES string of the molecule is C=CCC(CCCCCCCc1cccnn1)NC(=O)OC(C)(C)C. The number of ether oxygens (including phenoxy) is 1. The van der Waals surface area contributed by atoms with E-state index in [0.717, 1.165) is 37.8 Å². The van der Waals surface area contributed by atoms with Gasteiger partial charge in [0.15, 0.2) is 0 Å². The van der Waals surface area contributed by atoms with E-state index in [-0.39, 0.29) is 12.1 Å². The lowest BCUT2D eigenvalue weighted by Crippen LogP contribution is -2.38. The van der Waals surface area contributed by atoms with Crippen LogP contribution in [0.2, 0.25) is 0 Å². The molecule has 0 bridgehead atoms. The highest BCUT2D eigenvalue weighted by molar-refractivity contribution is 5.68. The molecule has 1 N–H and O–H groups in total. The zero-order chi connectivity index (χ0) is 18.5. The Kier molecular flexibility index (Phi) is 9.81. The van der Waals surface area contributed by atoms with Gasteiger partial charge in [0.25, 0.3) is 0 Å². The third kappa shape index (κ3) is 11.3. The Morgan fingerprint density at radius 3 is 2.64 bits per heavy atom. The van der Waals surface area contributed by atoms with E-state index in [1.807, 2.05) is 39.0 Å². The van der Waals surface area contributed by atoms with Crippen molar-refractivity contribution in [3.63, 3.8) is 0 Å². The van der Waals surface area contributed by atoms with Crippen molar-refractivity contribution in [2.75, 3.05) is 0 Å². The van der Waals surface area contributed by atoms with E-state index in [1.54, 1.807) is 6.20 Å². The lowest BCUT2D eigenvalue weighted by Gasteiger charge is -2.23. The van der Waals surface area contributed by atoms with E-state index in [2.05, 4.69) is 22.1 Å². The minimum Gasteiger partial charge on any atom is -0.444 e. The Morgan fingerprint density at radius 2 is 2.00 bits per heavy atom. The van der Waals surface area contributed by atoms with Crippen LogP contribution in [0.3, 0.4) is 0 Å². The van der Waals surface area contributed by atoms with Crippen LogP contribution in [0, 0.1) is 0 Å². The van der Waals surface area contributed by atoms with Gasteiger partial charge in [-0.25, -0.2) is 4.79 Å². The summed E-state index contributed by atoms with van der Waals surface area (Å²) in [5.41, 5.74) is 0.599. The summed E-state index contributed by atoms with van der Waals surface area (Å²) >= 11 is 0. The Bertz CT molecular complexity index is 497. The number of hydrogen-bond acceptors (Lipinski definition) is 4. The summed E-state index contributed by atoms with van der Waals surface area (Å²) in [5.74, 6) is 0. The van der Waals surface area contributed by atoms with Crippen molar-refractivity contribution in [1.82, 2.24) is 15.5 Å². The second-order valence-electron chi connectivity index (χ2n) is 7.39. The van der Waals surface area contributed by atoms with Crippen LogP contribution in [0.25, 0.3) is 0 Å². The van der Waals surface area contributed by atoms with Crippen LogP contribution in [0.4, 0.5) is 4.79 Å². The number of nitrogens with zero attached hydrogens (tertiary/aromatic N) is 2. The van der Waals surface area contributed by atoms with Crippen molar-refractivity contribution in [1.29, 1.82) is 0 Å². The van der Waals surface area contributed by atoms with E-state index >= 15 is 0 Å². The molecule has 140 valence electrons. The van der Waals surface area contributed by atoms with Crippen LogP contribution in [0.15, 0.2) is 31.0 Å². The summed E-state index contributed by atoms with van der Waals surface area (Å²) in [5, 5.41) is 10.9. The predicted molar refractivity (Wildman–Crippen MR) is 101 cm³/mol. The van der Waals surface area contributed by atoms with Crippen LogP contribution in [0.5, 0.6) is 0 Å². The first kappa shape index (κ1) is 21.1. The molecule has 25 heavy (non-hydrogen) atoms. The molecule has 0 aromatic carbocycles. The normalized spacial score (nSPS) is 12.4. The smallest absolute Gasteiger partial charge is 0.407 e. The number of carbonyl (C=O) groups is 1. The molecule has 1 aromatic heterocycles. The van der Waals surface area contributed by atoms with Gasteiger partial charge in [0.1, 0.15) is 5.60 Å². The number of hydrogen-bond donors (Lipinski definition) is 1. The van der Waals surface area contributed by atoms with Crippen LogP contribution in [0.1, 0.15) is 71.4 Å². The highest BCUT2D eigenvalue weighted by Gasteiger charge is 2.18. The van der Waals surface area contributed by atoms with Gasteiger partial charge in [-0.2, -0.15) is 10.2 Å². The van der Waals surface area contributed by atoms with Gasteiger partial charge < -0.3 is 10.1 Å². The Balaban J connectivity index is 2.13. The quantitative estimate of drug-likeness (QED) is 0.460. The fourth-order valence-electron chi connectivity index (χ4n) is 2.62. The van der Waals surface area contributed by atoms with Crippen molar-refractivity contribution < 1.29 is 9.53 Å². The molecule has 1 heterocycles. The maximum Gasteiger partial charge on any atom is 0.407 e. The topological polar surface area (TPSA) is 64.1 Å². The molecule has 0 aliphatic heterocycles. The van der Waals surface area contributed by atoms with E-state index in [9.17, 15) is 4.79 Å². The molecule has 0 saturated carbocycles. The molecule has 1 unspecified atom stereocenters. The minimum atomic E-state index is -0.466. The summed E-state index contributed by atoms with van der Waals surface area (Å²) in [7, 11) is 0. The number of aromatic nitrogens is 2. The Morgan fingerprint density at radius 1 is 1.28 bits per heavy atom. The Hall–Kier alpha value is -1.91. The molecule has 0 spiro atoms. The summed E-state index contributed by atoms with van der Waals surface area (Å²) in [4.78, 5) is 11.9. The Labute approximate surface area is 152 Å². The molecule has 1 rings (SSSR count). The highest BCUT2D eigenvalue weighted by Crippen LogP contribution is 2.13. The van der Waals surface area contributed by atoms with Gasteiger partial charge in [0.2, 0.25) is 0 Å². The van der Waals surface area contributed by atoms with Gasteiger partial charge in [-0.15, -0.1) is 6.58 Å². The van der Waals surface area contributed by atoms with Crippen LogP contribution in [-0.4, -0.2) is 27.9 Å². The monoisotopic (exact) mass is 347 g/mol. The number of amides is 1. The van der Waals surface area contributed by atoms with Gasteiger partial charge in [0, 0.05) is 12.2 Å². The molecule has 1 amide bonds. The third-order valence-electron chi connectivity index (χ3n) is 3.79. The number of aryl methyl sites for hydroxylation is 1. The van der Waals surface area contributed by atoms with E-state index in [4.69, 9.17) is 4.74 Å². The number of nitrogens with one attached hydrogen (secondary N) is 1. The average molecular weight is 348 g/mol. The molecule has 1 atom stereocenters. The zero-order valence-electron chi connectivity index (χ0n) is 16.0. The molecule has 0 fully saturated rings. The number of carbonyl (C=O) groups excluding carboxylic acids is 1. The second kappa shape index (κ2) is 11.6. The van der Waals surface area contributed by atoms with Crippen molar-refractivity contribution >= 4 is 6.09 Å². The standard InChI is InChI=1S/C20H33N3O2/c1-5-12-17(22-19(24)25-20(2,3)4)13-9-7-6-8-10-14-18-15-11-16-21-23-18/h5,11,15-17H,1,6-10,12-14H2,2-4H3,(H,22,24). The molecule has 5 nitrogen and oxygen atoms in total. The summed E-state index contributed by atoms with van der Waals surface area (Å²) in [6.07, 6.45) is 11.7. The van der Waals surface area contributed by atoms with Gasteiger partial charge in [-0.05, 0) is 58.6 Å². The van der Waals surface area contributed by atoms with Gasteiger partial charge in [-0.3, -0.25) is 0 Å². The molecule has 0 saturated heterocycles. The largest absolute Gasteiger partial charge is 0.444 e. The number of alkyl carbamates (subject to hydrolysis) is 1. The minimum absolute atomic E-state index is 0.104. The number of rotatable bonds is 11. The lowest BCUT2D eigenvalue weighted by atomic mass is 10.0. The molecule has 0 aliphatic carbocycles. The van der Waals surface area contributed by atoms with Crippen LogP contribution < -0.4 is 5.32 Å². The van der Waals surface area contributed by atoms with Gasteiger partial charge in [-0.1, -0.05) is 31.8 Å². The molecule has 5 heteroatoms. The third-order valence-corrected chi connectivity index (χ3v) is 3.79. The van der Waals surface area contributed by atoms with Crippen LogP contribution in [-0.2, 0) is 11.2 Å².